The standard InChI is InChI=1S/C9H14N2O3/c1-7(2)5-11-4-3-8(10-11)14-6-9(12)13/h3-4,7H,5-6H2,1-2H3,(H,12,13). The van der Waals surface area contributed by atoms with Crippen molar-refractivity contribution in [1.29, 1.82) is 0 Å². The maximum Gasteiger partial charge on any atom is 0.341 e. The molecule has 1 aromatic heterocycles. The molecule has 0 aliphatic carbocycles. The van der Waals surface area contributed by atoms with Crippen LogP contribution in [0.4, 0.5) is 0 Å². The van der Waals surface area contributed by atoms with E-state index in [0.29, 0.717) is 11.8 Å². The van der Waals surface area contributed by atoms with Gasteiger partial charge in [-0.3, -0.25) is 4.68 Å². The molecule has 1 heterocycles. The van der Waals surface area contributed by atoms with Gasteiger partial charge in [0.15, 0.2) is 6.61 Å². The van der Waals surface area contributed by atoms with Crippen molar-refractivity contribution < 1.29 is 14.6 Å². The summed E-state index contributed by atoms with van der Waals surface area (Å²) in [6.07, 6.45) is 1.77. The van der Waals surface area contributed by atoms with Gasteiger partial charge in [0.2, 0.25) is 5.88 Å². The van der Waals surface area contributed by atoms with Crippen molar-refractivity contribution in [2.24, 2.45) is 5.92 Å². The molecule has 0 unspecified atom stereocenters. The van der Waals surface area contributed by atoms with E-state index in [2.05, 4.69) is 18.9 Å². The molecule has 78 valence electrons. The molecule has 5 nitrogen and oxygen atoms in total. The number of carbonyl (C=O) groups is 1. The summed E-state index contributed by atoms with van der Waals surface area (Å²) in [7, 11) is 0. The van der Waals surface area contributed by atoms with Gasteiger partial charge in [0.1, 0.15) is 0 Å². The van der Waals surface area contributed by atoms with E-state index in [0.717, 1.165) is 6.54 Å². The molecule has 14 heavy (non-hydrogen) atoms. The Hall–Kier alpha value is -1.52. The number of ether oxygens (including phenoxy) is 1. The lowest BCUT2D eigenvalue weighted by molar-refractivity contribution is -0.139. The predicted octanol–water partition coefficient (Wildman–Crippen LogP) is 1.00. The van der Waals surface area contributed by atoms with Crippen molar-refractivity contribution in [2.75, 3.05) is 6.61 Å². The second kappa shape index (κ2) is 4.64. The quantitative estimate of drug-likeness (QED) is 0.766. The van der Waals surface area contributed by atoms with E-state index in [9.17, 15) is 4.79 Å². The average Bonchev–Trinajstić information content (AvgIpc) is 2.47. The predicted molar refractivity (Wildman–Crippen MR) is 50.2 cm³/mol. The molecule has 0 atom stereocenters. The first-order chi connectivity index (χ1) is 6.58. The summed E-state index contributed by atoms with van der Waals surface area (Å²) in [6.45, 7) is 4.62. The third-order valence-electron chi connectivity index (χ3n) is 1.51. The molecular formula is C9H14N2O3. The van der Waals surface area contributed by atoms with Crippen molar-refractivity contribution in [3.05, 3.63) is 12.3 Å². The summed E-state index contributed by atoms with van der Waals surface area (Å²) in [4.78, 5) is 10.2. The maximum absolute atomic E-state index is 10.2. The van der Waals surface area contributed by atoms with Gasteiger partial charge in [-0.1, -0.05) is 13.8 Å². The Balaban J connectivity index is 2.46. The molecule has 0 saturated carbocycles. The van der Waals surface area contributed by atoms with E-state index in [1.165, 1.54) is 0 Å². The molecule has 0 bridgehead atoms. The van der Waals surface area contributed by atoms with Crippen molar-refractivity contribution in [2.45, 2.75) is 20.4 Å². The number of aromatic nitrogens is 2. The molecule has 1 N–H and O–H groups in total. The first-order valence-corrected chi connectivity index (χ1v) is 4.46. The molecule has 0 aliphatic heterocycles. The van der Waals surface area contributed by atoms with Crippen LogP contribution in [0, 0.1) is 5.92 Å². The van der Waals surface area contributed by atoms with Crippen molar-refractivity contribution in [3.63, 3.8) is 0 Å². The van der Waals surface area contributed by atoms with Crippen LogP contribution in [0.1, 0.15) is 13.8 Å². The summed E-state index contributed by atoms with van der Waals surface area (Å²) in [6, 6.07) is 1.66. The number of nitrogens with zero attached hydrogens (tertiary/aromatic N) is 2. The van der Waals surface area contributed by atoms with Crippen LogP contribution in [-0.4, -0.2) is 27.5 Å². The lowest BCUT2D eigenvalue weighted by Gasteiger charge is -2.03. The Morgan fingerprint density at radius 3 is 3.00 bits per heavy atom. The summed E-state index contributed by atoms with van der Waals surface area (Å²) in [5, 5.41) is 12.4. The number of carboxylic acids is 1. The number of rotatable bonds is 5. The maximum atomic E-state index is 10.2. The second-order valence-electron chi connectivity index (χ2n) is 3.45. The average molecular weight is 198 g/mol. The van der Waals surface area contributed by atoms with Crippen LogP contribution in [0.5, 0.6) is 5.88 Å². The van der Waals surface area contributed by atoms with Gasteiger partial charge in [0.25, 0.3) is 0 Å². The summed E-state index contributed by atoms with van der Waals surface area (Å²) < 4.78 is 6.64. The van der Waals surface area contributed by atoms with Crippen LogP contribution in [0.2, 0.25) is 0 Å². The lowest BCUT2D eigenvalue weighted by Crippen LogP contribution is -2.10. The fourth-order valence-electron chi connectivity index (χ4n) is 1.03. The molecular weight excluding hydrogens is 184 g/mol. The van der Waals surface area contributed by atoms with E-state index in [1.807, 2.05) is 0 Å². The summed E-state index contributed by atoms with van der Waals surface area (Å²) in [5.41, 5.74) is 0. The molecule has 0 amide bonds. The monoisotopic (exact) mass is 198 g/mol. The van der Waals surface area contributed by atoms with E-state index in [1.54, 1.807) is 16.9 Å². The molecule has 0 radical (unpaired) electrons. The third kappa shape index (κ3) is 3.47. The van der Waals surface area contributed by atoms with Crippen LogP contribution in [0.25, 0.3) is 0 Å². The highest BCUT2D eigenvalue weighted by Crippen LogP contribution is 2.07. The van der Waals surface area contributed by atoms with Gasteiger partial charge in [-0.2, -0.15) is 0 Å². The second-order valence-corrected chi connectivity index (χ2v) is 3.45. The molecule has 0 spiro atoms. The zero-order valence-electron chi connectivity index (χ0n) is 8.30. The number of hydrogen-bond acceptors (Lipinski definition) is 3. The van der Waals surface area contributed by atoms with E-state index >= 15 is 0 Å². The van der Waals surface area contributed by atoms with Crippen molar-refractivity contribution >= 4 is 5.97 Å². The Bertz CT molecular complexity index is 307. The van der Waals surface area contributed by atoms with E-state index < -0.39 is 5.97 Å². The van der Waals surface area contributed by atoms with Crippen molar-refractivity contribution in [3.8, 4) is 5.88 Å². The minimum Gasteiger partial charge on any atom is -0.479 e. The number of hydrogen-bond donors (Lipinski definition) is 1. The van der Waals surface area contributed by atoms with Gasteiger partial charge in [0.05, 0.1) is 0 Å². The van der Waals surface area contributed by atoms with E-state index in [4.69, 9.17) is 9.84 Å². The third-order valence-corrected chi connectivity index (χ3v) is 1.51. The smallest absolute Gasteiger partial charge is 0.341 e. The molecule has 1 aromatic rings. The van der Waals surface area contributed by atoms with Crippen molar-refractivity contribution in [1.82, 2.24) is 9.78 Å². The van der Waals surface area contributed by atoms with Crippen LogP contribution >= 0.6 is 0 Å². The van der Waals surface area contributed by atoms with Gasteiger partial charge in [0, 0.05) is 18.8 Å². The Kier molecular flexibility index (Phi) is 3.50. The van der Waals surface area contributed by atoms with Gasteiger partial charge in [-0.15, -0.1) is 5.10 Å². The topological polar surface area (TPSA) is 64.3 Å². The molecule has 5 heteroatoms. The lowest BCUT2D eigenvalue weighted by atomic mass is 10.2. The Morgan fingerprint density at radius 2 is 2.43 bits per heavy atom. The highest BCUT2D eigenvalue weighted by Gasteiger charge is 2.03. The van der Waals surface area contributed by atoms with E-state index in [-0.39, 0.29) is 6.61 Å². The minimum absolute atomic E-state index is 0.349. The van der Waals surface area contributed by atoms with Gasteiger partial charge in [-0.05, 0) is 5.92 Å². The summed E-state index contributed by atoms with van der Waals surface area (Å²) >= 11 is 0. The van der Waals surface area contributed by atoms with Crippen LogP contribution in [-0.2, 0) is 11.3 Å². The molecule has 0 fully saturated rings. The molecule has 0 aromatic carbocycles. The molecule has 0 aliphatic rings. The van der Waals surface area contributed by atoms with Gasteiger partial charge >= 0.3 is 5.97 Å². The molecule has 0 saturated heterocycles. The SMILES string of the molecule is CC(C)Cn1ccc(OCC(=O)O)n1. The highest BCUT2D eigenvalue weighted by molar-refractivity contribution is 5.68. The fraction of sp³-hybridized carbons (Fsp3) is 0.556. The first-order valence-electron chi connectivity index (χ1n) is 4.46. The normalized spacial score (nSPS) is 10.5. The zero-order chi connectivity index (χ0) is 10.6. The highest BCUT2D eigenvalue weighted by atomic mass is 16.5. The number of aliphatic carboxylic acids is 1. The zero-order valence-corrected chi connectivity index (χ0v) is 8.30. The molecule has 1 rings (SSSR count). The number of carboxylic acid groups (broad SMARTS) is 1. The summed E-state index contributed by atoms with van der Waals surface area (Å²) in [5.74, 6) is -0.140. The van der Waals surface area contributed by atoms with Gasteiger partial charge < -0.3 is 9.84 Å². The first kappa shape index (κ1) is 10.6. The van der Waals surface area contributed by atoms with Gasteiger partial charge in [-0.25, -0.2) is 4.79 Å². The van der Waals surface area contributed by atoms with Crippen LogP contribution < -0.4 is 4.74 Å². The fourth-order valence-corrected chi connectivity index (χ4v) is 1.03. The van der Waals surface area contributed by atoms with Crippen LogP contribution in [0.15, 0.2) is 12.3 Å². The minimum atomic E-state index is -0.997. The largest absolute Gasteiger partial charge is 0.479 e. The Labute approximate surface area is 82.3 Å². The Morgan fingerprint density at radius 1 is 1.71 bits per heavy atom. The van der Waals surface area contributed by atoms with Crippen LogP contribution in [0.3, 0.4) is 0 Å².